The number of aliphatic carboxylic acids is 1. The average Bonchev–Trinajstić information content (AvgIpc) is 2.45. The highest BCUT2D eigenvalue weighted by molar-refractivity contribution is 5.76. The van der Waals surface area contributed by atoms with Crippen LogP contribution in [0.25, 0.3) is 0 Å². The third kappa shape index (κ3) is 4.76. The van der Waals surface area contributed by atoms with Gasteiger partial charge in [0.2, 0.25) is 5.91 Å². The molecule has 0 aromatic carbocycles. The van der Waals surface area contributed by atoms with E-state index in [1.165, 1.54) is 0 Å². The van der Waals surface area contributed by atoms with Crippen molar-refractivity contribution in [1.82, 2.24) is 4.90 Å². The zero-order valence-corrected chi connectivity index (χ0v) is 11.8. The second-order valence-electron chi connectivity index (χ2n) is 5.52. The van der Waals surface area contributed by atoms with Gasteiger partial charge in [0.05, 0.1) is 19.1 Å². The molecule has 1 amide bonds. The zero-order valence-electron chi connectivity index (χ0n) is 11.8. The van der Waals surface area contributed by atoms with E-state index in [1.807, 2.05) is 0 Å². The Labute approximate surface area is 119 Å². The summed E-state index contributed by atoms with van der Waals surface area (Å²) in [4.78, 5) is 24.6. The van der Waals surface area contributed by atoms with E-state index in [0.29, 0.717) is 32.0 Å². The van der Waals surface area contributed by atoms with Crippen LogP contribution in [0.1, 0.15) is 32.1 Å². The molecule has 2 aliphatic rings. The molecule has 0 radical (unpaired) electrons. The summed E-state index contributed by atoms with van der Waals surface area (Å²) in [6.45, 7) is 3.01. The van der Waals surface area contributed by atoms with Crippen molar-refractivity contribution in [3.63, 3.8) is 0 Å². The molecule has 0 aliphatic carbocycles. The SMILES string of the molecule is O=C(O)CC1CN(C(=O)CCC2CCOCC2)CCO1. The van der Waals surface area contributed by atoms with Crippen LogP contribution in [0.4, 0.5) is 0 Å². The lowest BCUT2D eigenvalue weighted by atomic mass is 9.94. The molecule has 20 heavy (non-hydrogen) atoms. The molecule has 0 spiro atoms. The first-order valence-corrected chi connectivity index (χ1v) is 7.34. The van der Waals surface area contributed by atoms with E-state index in [-0.39, 0.29) is 18.4 Å². The Morgan fingerprint density at radius 1 is 1.20 bits per heavy atom. The van der Waals surface area contributed by atoms with Crippen molar-refractivity contribution in [3.05, 3.63) is 0 Å². The third-order valence-electron chi connectivity index (χ3n) is 4.00. The summed E-state index contributed by atoms with van der Waals surface area (Å²) in [6.07, 6.45) is 3.13. The van der Waals surface area contributed by atoms with Crippen LogP contribution in [0.3, 0.4) is 0 Å². The Hall–Kier alpha value is -1.14. The van der Waals surface area contributed by atoms with Crippen LogP contribution in [-0.4, -0.2) is 60.9 Å². The number of amides is 1. The number of carbonyl (C=O) groups is 2. The molecule has 6 heteroatoms. The summed E-state index contributed by atoms with van der Waals surface area (Å²) in [5.41, 5.74) is 0. The molecular weight excluding hydrogens is 262 g/mol. The number of ether oxygens (including phenoxy) is 2. The molecule has 2 heterocycles. The number of nitrogens with zero attached hydrogens (tertiary/aromatic N) is 1. The molecule has 0 aromatic heterocycles. The summed E-state index contributed by atoms with van der Waals surface area (Å²) in [5.74, 6) is -0.176. The van der Waals surface area contributed by atoms with Gasteiger partial charge in [-0.15, -0.1) is 0 Å². The number of hydrogen-bond acceptors (Lipinski definition) is 4. The molecule has 6 nitrogen and oxygen atoms in total. The highest BCUT2D eigenvalue weighted by Crippen LogP contribution is 2.21. The first-order valence-electron chi connectivity index (χ1n) is 7.34. The number of carboxylic acid groups (broad SMARTS) is 1. The van der Waals surface area contributed by atoms with E-state index in [1.54, 1.807) is 4.90 Å². The predicted octanol–water partition coefficient (Wildman–Crippen LogP) is 0.895. The molecule has 1 N–H and O–H groups in total. The van der Waals surface area contributed by atoms with Crippen LogP contribution in [0.2, 0.25) is 0 Å². The van der Waals surface area contributed by atoms with Gasteiger partial charge in [-0.05, 0) is 25.2 Å². The van der Waals surface area contributed by atoms with Gasteiger partial charge in [-0.2, -0.15) is 0 Å². The van der Waals surface area contributed by atoms with Gasteiger partial charge in [-0.3, -0.25) is 9.59 Å². The van der Waals surface area contributed by atoms with Gasteiger partial charge in [-0.1, -0.05) is 0 Å². The van der Waals surface area contributed by atoms with Gasteiger partial charge >= 0.3 is 5.97 Å². The van der Waals surface area contributed by atoms with E-state index in [2.05, 4.69) is 0 Å². The van der Waals surface area contributed by atoms with Crippen LogP contribution in [0.5, 0.6) is 0 Å². The first kappa shape index (κ1) is 15.3. The van der Waals surface area contributed by atoms with Crippen LogP contribution < -0.4 is 0 Å². The van der Waals surface area contributed by atoms with Gasteiger partial charge < -0.3 is 19.5 Å². The first-order chi connectivity index (χ1) is 9.65. The molecule has 0 bridgehead atoms. The van der Waals surface area contributed by atoms with Gasteiger partial charge in [0.1, 0.15) is 0 Å². The van der Waals surface area contributed by atoms with Gasteiger partial charge in [0.25, 0.3) is 0 Å². The van der Waals surface area contributed by atoms with Crippen LogP contribution >= 0.6 is 0 Å². The molecule has 2 rings (SSSR count). The minimum atomic E-state index is -0.883. The van der Waals surface area contributed by atoms with E-state index >= 15 is 0 Å². The monoisotopic (exact) mass is 285 g/mol. The summed E-state index contributed by atoms with van der Waals surface area (Å²) in [6, 6.07) is 0. The van der Waals surface area contributed by atoms with Crippen LogP contribution in [0.15, 0.2) is 0 Å². The topological polar surface area (TPSA) is 76.1 Å². The van der Waals surface area contributed by atoms with Crippen molar-refractivity contribution in [2.75, 3.05) is 32.9 Å². The van der Waals surface area contributed by atoms with Gasteiger partial charge in [-0.25, -0.2) is 0 Å². The normalized spacial score (nSPS) is 24.6. The molecule has 2 saturated heterocycles. The molecule has 114 valence electrons. The number of carbonyl (C=O) groups excluding carboxylic acids is 1. The van der Waals surface area contributed by atoms with Crippen LogP contribution in [0, 0.1) is 5.92 Å². The quantitative estimate of drug-likeness (QED) is 0.812. The Morgan fingerprint density at radius 2 is 1.95 bits per heavy atom. The van der Waals surface area contributed by atoms with Crippen molar-refractivity contribution >= 4 is 11.9 Å². The maximum absolute atomic E-state index is 12.2. The summed E-state index contributed by atoms with van der Waals surface area (Å²) >= 11 is 0. The molecule has 0 saturated carbocycles. The third-order valence-corrected chi connectivity index (χ3v) is 4.00. The molecular formula is C14H23NO5. The lowest BCUT2D eigenvalue weighted by Gasteiger charge is -2.33. The zero-order chi connectivity index (χ0) is 14.4. The van der Waals surface area contributed by atoms with Gasteiger partial charge in [0.15, 0.2) is 0 Å². The van der Waals surface area contributed by atoms with Crippen molar-refractivity contribution in [2.45, 2.75) is 38.2 Å². The lowest BCUT2D eigenvalue weighted by molar-refractivity contribution is -0.147. The second-order valence-corrected chi connectivity index (χ2v) is 5.52. The molecule has 1 atom stereocenters. The average molecular weight is 285 g/mol. The number of carboxylic acids is 1. The largest absolute Gasteiger partial charge is 0.481 e. The minimum Gasteiger partial charge on any atom is -0.481 e. The summed E-state index contributed by atoms with van der Waals surface area (Å²) in [7, 11) is 0. The van der Waals surface area contributed by atoms with E-state index in [9.17, 15) is 9.59 Å². The predicted molar refractivity (Wildman–Crippen MR) is 71.3 cm³/mol. The standard InChI is InChI=1S/C14H23NO5/c16-13(2-1-11-3-6-19-7-4-11)15-5-8-20-12(10-15)9-14(17)18/h11-12H,1-10H2,(H,17,18). The summed E-state index contributed by atoms with van der Waals surface area (Å²) < 4.78 is 10.7. The molecule has 1 unspecified atom stereocenters. The smallest absolute Gasteiger partial charge is 0.306 e. The molecule has 2 fully saturated rings. The molecule has 0 aromatic rings. The molecule has 2 aliphatic heterocycles. The number of hydrogen-bond donors (Lipinski definition) is 1. The Bertz CT molecular complexity index is 340. The number of morpholine rings is 1. The van der Waals surface area contributed by atoms with Crippen molar-refractivity contribution in [1.29, 1.82) is 0 Å². The maximum Gasteiger partial charge on any atom is 0.306 e. The van der Waals surface area contributed by atoms with E-state index in [0.717, 1.165) is 32.5 Å². The van der Waals surface area contributed by atoms with Gasteiger partial charge in [0, 0.05) is 32.7 Å². The fourth-order valence-electron chi connectivity index (χ4n) is 2.78. The number of rotatable bonds is 5. The second kappa shape index (κ2) is 7.59. The minimum absolute atomic E-state index is 0.0380. The van der Waals surface area contributed by atoms with Crippen LogP contribution in [-0.2, 0) is 19.1 Å². The van der Waals surface area contributed by atoms with Crippen molar-refractivity contribution < 1.29 is 24.2 Å². The van der Waals surface area contributed by atoms with Crippen molar-refractivity contribution in [2.24, 2.45) is 5.92 Å². The van der Waals surface area contributed by atoms with E-state index in [4.69, 9.17) is 14.6 Å². The highest BCUT2D eigenvalue weighted by atomic mass is 16.5. The Balaban J connectivity index is 1.72. The Kier molecular flexibility index (Phi) is 5.79. The van der Waals surface area contributed by atoms with Crippen molar-refractivity contribution in [3.8, 4) is 0 Å². The summed E-state index contributed by atoms with van der Waals surface area (Å²) in [5, 5.41) is 8.77. The maximum atomic E-state index is 12.2. The van der Waals surface area contributed by atoms with E-state index < -0.39 is 5.97 Å². The fourth-order valence-corrected chi connectivity index (χ4v) is 2.78. The Morgan fingerprint density at radius 3 is 2.65 bits per heavy atom. The fraction of sp³-hybridized carbons (Fsp3) is 0.857. The lowest BCUT2D eigenvalue weighted by Crippen LogP contribution is -2.46. The highest BCUT2D eigenvalue weighted by Gasteiger charge is 2.26.